The highest BCUT2D eigenvalue weighted by molar-refractivity contribution is 4.95. The first-order valence-electron chi connectivity index (χ1n) is 5.72. The Bertz CT molecular complexity index is 151. The Hall–Kier alpha value is -0.0400. The summed E-state index contributed by atoms with van der Waals surface area (Å²) in [6.45, 7) is 10.3. The standard InChI is InChI=1S/C12H25N/c1-5-6-7-12(8-9-12)10-13-11(2,3)4/h13H,5-10H2,1-4H3. The van der Waals surface area contributed by atoms with Crippen molar-refractivity contribution in [3.05, 3.63) is 0 Å². The van der Waals surface area contributed by atoms with E-state index < -0.39 is 0 Å². The molecule has 13 heavy (non-hydrogen) atoms. The van der Waals surface area contributed by atoms with Gasteiger partial charge in [0.1, 0.15) is 0 Å². The fraction of sp³-hybridized carbons (Fsp3) is 1.00. The van der Waals surface area contributed by atoms with Gasteiger partial charge in [0.05, 0.1) is 0 Å². The molecule has 0 aliphatic heterocycles. The summed E-state index contributed by atoms with van der Waals surface area (Å²) in [5, 5.41) is 3.63. The maximum absolute atomic E-state index is 3.63. The highest BCUT2D eigenvalue weighted by atomic mass is 15.0. The van der Waals surface area contributed by atoms with Gasteiger partial charge in [-0.1, -0.05) is 19.8 Å². The second-order valence-electron chi connectivity index (χ2n) is 5.71. The van der Waals surface area contributed by atoms with Crippen molar-refractivity contribution in [2.45, 2.75) is 65.3 Å². The summed E-state index contributed by atoms with van der Waals surface area (Å²) in [6.07, 6.45) is 7.10. The average molecular weight is 183 g/mol. The molecule has 1 rings (SSSR count). The lowest BCUT2D eigenvalue weighted by molar-refractivity contribution is 0.338. The molecule has 1 aliphatic rings. The third-order valence-corrected chi connectivity index (χ3v) is 3.01. The van der Waals surface area contributed by atoms with E-state index in [-0.39, 0.29) is 0 Å². The Morgan fingerprint density at radius 1 is 1.23 bits per heavy atom. The van der Waals surface area contributed by atoms with Gasteiger partial charge in [0, 0.05) is 12.1 Å². The first-order valence-corrected chi connectivity index (χ1v) is 5.72. The highest BCUT2D eigenvalue weighted by Gasteiger charge is 2.41. The molecule has 0 unspecified atom stereocenters. The summed E-state index contributed by atoms with van der Waals surface area (Å²) in [6, 6.07) is 0. The first kappa shape index (κ1) is 11.0. The molecular weight excluding hydrogens is 158 g/mol. The van der Waals surface area contributed by atoms with Crippen molar-refractivity contribution < 1.29 is 0 Å². The SMILES string of the molecule is CCCCC1(CNC(C)(C)C)CC1. The molecule has 1 aliphatic carbocycles. The van der Waals surface area contributed by atoms with Gasteiger partial charge in [-0.25, -0.2) is 0 Å². The molecular formula is C12H25N. The van der Waals surface area contributed by atoms with E-state index in [9.17, 15) is 0 Å². The number of hydrogen-bond donors (Lipinski definition) is 1. The van der Waals surface area contributed by atoms with Crippen LogP contribution in [0.2, 0.25) is 0 Å². The predicted molar refractivity (Wildman–Crippen MR) is 58.9 cm³/mol. The van der Waals surface area contributed by atoms with Gasteiger partial charge in [0.25, 0.3) is 0 Å². The van der Waals surface area contributed by atoms with E-state index in [1.54, 1.807) is 0 Å². The van der Waals surface area contributed by atoms with Crippen LogP contribution in [0.4, 0.5) is 0 Å². The summed E-state index contributed by atoms with van der Waals surface area (Å²) < 4.78 is 0. The normalized spacial score (nSPS) is 20.3. The van der Waals surface area contributed by atoms with E-state index in [2.05, 4.69) is 33.0 Å². The topological polar surface area (TPSA) is 12.0 Å². The molecule has 0 heterocycles. The largest absolute Gasteiger partial charge is 0.312 e. The first-order chi connectivity index (χ1) is 5.97. The molecule has 0 aromatic carbocycles. The van der Waals surface area contributed by atoms with E-state index in [0.717, 1.165) is 0 Å². The van der Waals surface area contributed by atoms with Crippen LogP contribution in [0.3, 0.4) is 0 Å². The number of rotatable bonds is 5. The lowest BCUT2D eigenvalue weighted by Gasteiger charge is -2.25. The number of nitrogens with one attached hydrogen (secondary N) is 1. The quantitative estimate of drug-likeness (QED) is 0.689. The van der Waals surface area contributed by atoms with Crippen LogP contribution in [0, 0.1) is 5.41 Å². The third-order valence-electron chi connectivity index (χ3n) is 3.01. The number of unbranched alkanes of at least 4 members (excludes halogenated alkanes) is 1. The zero-order valence-corrected chi connectivity index (χ0v) is 9.74. The minimum Gasteiger partial charge on any atom is -0.312 e. The zero-order valence-electron chi connectivity index (χ0n) is 9.74. The van der Waals surface area contributed by atoms with E-state index in [4.69, 9.17) is 0 Å². The summed E-state index contributed by atoms with van der Waals surface area (Å²) in [4.78, 5) is 0. The Labute approximate surface area is 83.3 Å². The van der Waals surface area contributed by atoms with Gasteiger partial charge in [-0.3, -0.25) is 0 Å². The molecule has 1 saturated carbocycles. The molecule has 0 saturated heterocycles. The van der Waals surface area contributed by atoms with Crippen LogP contribution in [0.25, 0.3) is 0 Å². The van der Waals surface area contributed by atoms with Crippen molar-refractivity contribution >= 4 is 0 Å². The van der Waals surface area contributed by atoms with Crippen LogP contribution >= 0.6 is 0 Å². The molecule has 0 aromatic rings. The fourth-order valence-electron chi connectivity index (χ4n) is 1.70. The molecule has 0 bridgehead atoms. The van der Waals surface area contributed by atoms with Crippen LogP contribution in [-0.2, 0) is 0 Å². The molecule has 0 spiro atoms. The van der Waals surface area contributed by atoms with E-state index in [0.29, 0.717) is 11.0 Å². The average Bonchev–Trinajstić information content (AvgIpc) is 2.77. The second-order valence-corrected chi connectivity index (χ2v) is 5.71. The van der Waals surface area contributed by atoms with Crippen molar-refractivity contribution in [3.63, 3.8) is 0 Å². The molecule has 0 atom stereocenters. The maximum atomic E-state index is 3.63. The summed E-state index contributed by atoms with van der Waals surface area (Å²) >= 11 is 0. The Balaban J connectivity index is 2.20. The molecule has 0 radical (unpaired) electrons. The zero-order chi connectivity index (χ0) is 9.95. The predicted octanol–water partition coefficient (Wildman–Crippen LogP) is 3.34. The summed E-state index contributed by atoms with van der Waals surface area (Å²) in [7, 11) is 0. The highest BCUT2D eigenvalue weighted by Crippen LogP contribution is 2.49. The fourth-order valence-corrected chi connectivity index (χ4v) is 1.70. The van der Waals surface area contributed by atoms with Crippen molar-refractivity contribution in [1.82, 2.24) is 5.32 Å². The summed E-state index contributed by atoms with van der Waals surface area (Å²) in [5.41, 5.74) is 0.991. The van der Waals surface area contributed by atoms with Gasteiger partial charge in [-0.15, -0.1) is 0 Å². The van der Waals surface area contributed by atoms with Gasteiger partial charge in [0.15, 0.2) is 0 Å². The van der Waals surface area contributed by atoms with Gasteiger partial charge in [-0.05, 0) is 45.4 Å². The minimum absolute atomic E-state index is 0.293. The molecule has 0 aromatic heterocycles. The van der Waals surface area contributed by atoms with Crippen molar-refractivity contribution in [1.29, 1.82) is 0 Å². The molecule has 1 heteroatoms. The second kappa shape index (κ2) is 4.00. The lowest BCUT2D eigenvalue weighted by Crippen LogP contribution is -2.39. The van der Waals surface area contributed by atoms with Gasteiger partial charge < -0.3 is 5.32 Å². The molecule has 1 nitrogen and oxygen atoms in total. The van der Waals surface area contributed by atoms with Crippen molar-refractivity contribution in [2.75, 3.05) is 6.54 Å². The lowest BCUT2D eigenvalue weighted by atomic mass is 9.97. The minimum atomic E-state index is 0.293. The van der Waals surface area contributed by atoms with Crippen LogP contribution in [-0.4, -0.2) is 12.1 Å². The van der Waals surface area contributed by atoms with Crippen molar-refractivity contribution in [2.24, 2.45) is 5.41 Å². The Kier molecular flexibility index (Phi) is 3.39. The van der Waals surface area contributed by atoms with E-state index >= 15 is 0 Å². The van der Waals surface area contributed by atoms with Crippen LogP contribution in [0.1, 0.15) is 59.8 Å². The molecule has 1 N–H and O–H groups in total. The smallest absolute Gasteiger partial charge is 0.00967 e. The third kappa shape index (κ3) is 4.12. The van der Waals surface area contributed by atoms with E-state index in [1.807, 2.05) is 0 Å². The van der Waals surface area contributed by atoms with Crippen LogP contribution in [0.5, 0.6) is 0 Å². The Morgan fingerprint density at radius 2 is 1.85 bits per heavy atom. The maximum Gasteiger partial charge on any atom is 0.00967 e. The molecule has 0 amide bonds. The Morgan fingerprint density at radius 3 is 2.23 bits per heavy atom. The van der Waals surface area contributed by atoms with Crippen LogP contribution in [0.15, 0.2) is 0 Å². The molecule has 1 fully saturated rings. The van der Waals surface area contributed by atoms with Gasteiger partial charge >= 0.3 is 0 Å². The molecule has 78 valence electrons. The van der Waals surface area contributed by atoms with E-state index in [1.165, 1.54) is 38.6 Å². The van der Waals surface area contributed by atoms with Crippen LogP contribution < -0.4 is 5.32 Å². The van der Waals surface area contributed by atoms with Gasteiger partial charge in [0.2, 0.25) is 0 Å². The number of hydrogen-bond acceptors (Lipinski definition) is 1. The summed E-state index contributed by atoms with van der Waals surface area (Å²) in [5.74, 6) is 0. The van der Waals surface area contributed by atoms with Crippen molar-refractivity contribution in [3.8, 4) is 0 Å². The van der Waals surface area contributed by atoms with Gasteiger partial charge in [-0.2, -0.15) is 0 Å². The monoisotopic (exact) mass is 183 g/mol.